The fraction of sp³-hybridized carbons (Fsp3) is 0.385. The number of amides is 1. The van der Waals surface area contributed by atoms with E-state index in [-0.39, 0.29) is 17.3 Å². The van der Waals surface area contributed by atoms with Crippen molar-refractivity contribution < 1.29 is 4.79 Å². The molecule has 0 bridgehead atoms. The van der Waals surface area contributed by atoms with Crippen LogP contribution in [0.3, 0.4) is 0 Å². The van der Waals surface area contributed by atoms with Crippen molar-refractivity contribution in [2.45, 2.75) is 59.8 Å². The third-order valence-corrected chi connectivity index (χ3v) is 8.01. The molecule has 2 aliphatic heterocycles. The van der Waals surface area contributed by atoms with Crippen LogP contribution in [0, 0.1) is 39.0 Å². The Labute approximate surface area is 199 Å². The summed E-state index contributed by atoms with van der Waals surface area (Å²) in [5.41, 5.74) is 6.91. The number of rotatable bonds is 3. The molecule has 1 amide bonds. The number of aryl methyl sites for hydroxylation is 3. The van der Waals surface area contributed by atoms with Crippen molar-refractivity contribution in [2.24, 2.45) is 16.0 Å². The summed E-state index contributed by atoms with van der Waals surface area (Å²) in [5, 5.41) is 16.5. The van der Waals surface area contributed by atoms with Crippen molar-refractivity contribution in [3.8, 4) is 5.69 Å². The van der Waals surface area contributed by atoms with E-state index in [9.17, 15) is 4.79 Å². The van der Waals surface area contributed by atoms with Gasteiger partial charge in [-0.3, -0.25) is 10.2 Å². The molecular formula is C26H29N5OS. The van der Waals surface area contributed by atoms with Crippen molar-refractivity contribution >= 4 is 39.8 Å². The minimum atomic E-state index is -0.366. The number of amidine groups is 2. The number of nitrogens with one attached hydrogen (secondary N) is 1. The molecule has 1 fully saturated rings. The van der Waals surface area contributed by atoms with Crippen LogP contribution in [0.4, 0.5) is 0 Å². The van der Waals surface area contributed by atoms with Crippen LogP contribution in [-0.2, 0) is 4.79 Å². The van der Waals surface area contributed by atoms with E-state index in [4.69, 9.17) is 10.5 Å². The Morgan fingerprint density at radius 3 is 2.55 bits per heavy atom. The molecule has 7 heteroatoms. The molecule has 170 valence electrons. The van der Waals surface area contributed by atoms with E-state index < -0.39 is 0 Å². The molecule has 33 heavy (non-hydrogen) atoms. The van der Waals surface area contributed by atoms with E-state index in [1.54, 1.807) is 11.1 Å². The lowest BCUT2D eigenvalue weighted by molar-refractivity contribution is -0.114. The van der Waals surface area contributed by atoms with E-state index in [0.717, 1.165) is 40.5 Å². The third-order valence-electron chi connectivity index (χ3n) is 6.94. The summed E-state index contributed by atoms with van der Waals surface area (Å²) in [6.45, 7) is 8.33. The van der Waals surface area contributed by atoms with Crippen molar-refractivity contribution in [3.05, 3.63) is 57.9 Å². The summed E-state index contributed by atoms with van der Waals surface area (Å²) in [7, 11) is 0. The minimum absolute atomic E-state index is 0.110. The number of thioether (sulfide) groups is 1. The Balaban J connectivity index is 1.48. The minimum Gasteiger partial charge on any atom is -0.318 e. The van der Waals surface area contributed by atoms with Gasteiger partial charge >= 0.3 is 0 Å². The van der Waals surface area contributed by atoms with Gasteiger partial charge in [0.2, 0.25) is 5.17 Å². The summed E-state index contributed by atoms with van der Waals surface area (Å²) in [6.07, 6.45) is 7.76. The van der Waals surface area contributed by atoms with Crippen LogP contribution in [0.1, 0.15) is 60.2 Å². The first-order valence-corrected chi connectivity index (χ1v) is 12.4. The van der Waals surface area contributed by atoms with Crippen LogP contribution in [-0.4, -0.2) is 31.5 Å². The molecule has 1 aliphatic carbocycles. The third kappa shape index (κ3) is 3.88. The van der Waals surface area contributed by atoms with E-state index in [2.05, 4.69) is 54.6 Å². The van der Waals surface area contributed by atoms with Gasteiger partial charge in [-0.05, 0) is 93.3 Å². The second kappa shape index (κ2) is 8.45. The number of benzene rings is 1. The topological polar surface area (TPSA) is 73.8 Å². The van der Waals surface area contributed by atoms with Crippen molar-refractivity contribution in [2.75, 3.05) is 0 Å². The van der Waals surface area contributed by atoms with Gasteiger partial charge in [0.1, 0.15) is 5.04 Å². The molecule has 0 atom stereocenters. The quantitative estimate of drug-likeness (QED) is 0.580. The maximum atomic E-state index is 12.9. The first-order chi connectivity index (χ1) is 15.8. The normalized spacial score (nSPS) is 20.4. The Bertz CT molecular complexity index is 1260. The first-order valence-electron chi connectivity index (χ1n) is 11.6. The number of hydrazone groups is 1. The lowest BCUT2D eigenvalue weighted by Gasteiger charge is -2.20. The number of aromatic nitrogens is 1. The fourth-order valence-electron chi connectivity index (χ4n) is 4.87. The van der Waals surface area contributed by atoms with E-state index >= 15 is 0 Å². The summed E-state index contributed by atoms with van der Waals surface area (Å²) >= 11 is 1.46. The van der Waals surface area contributed by atoms with Crippen molar-refractivity contribution in [3.63, 3.8) is 0 Å². The van der Waals surface area contributed by atoms with Crippen molar-refractivity contribution in [1.29, 1.82) is 5.41 Å². The summed E-state index contributed by atoms with van der Waals surface area (Å²) in [6, 6.07) is 8.49. The Hall–Kier alpha value is -2.93. The molecule has 1 aromatic heterocycles. The van der Waals surface area contributed by atoms with Crippen molar-refractivity contribution in [1.82, 2.24) is 9.58 Å². The summed E-state index contributed by atoms with van der Waals surface area (Å²) in [4.78, 5) is 17.2. The molecule has 1 aromatic carbocycles. The van der Waals surface area contributed by atoms with Crippen LogP contribution in [0.2, 0.25) is 0 Å². The van der Waals surface area contributed by atoms with Crippen LogP contribution < -0.4 is 0 Å². The Morgan fingerprint density at radius 1 is 1.06 bits per heavy atom. The molecule has 6 nitrogen and oxygen atoms in total. The highest BCUT2D eigenvalue weighted by Gasteiger charge is 2.38. The summed E-state index contributed by atoms with van der Waals surface area (Å²) < 4.78 is 2.19. The van der Waals surface area contributed by atoms with Gasteiger partial charge in [0.05, 0.1) is 5.57 Å². The average molecular weight is 460 g/mol. The van der Waals surface area contributed by atoms with Crippen LogP contribution >= 0.6 is 11.8 Å². The lowest BCUT2D eigenvalue weighted by atomic mass is 9.90. The second-order valence-electron chi connectivity index (χ2n) is 9.22. The number of fused-ring (bicyclic) bond motifs is 1. The van der Waals surface area contributed by atoms with E-state index in [1.165, 1.54) is 42.2 Å². The van der Waals surface area contributed by atoms with Gasteiger partial charge in [-0.25, -0.2) is 0 Å². The predicted octanol–water partition coefficient (Wildman–Crippen LogP) is 5.91. The molecule has 3 aliphatic rings. The average Bonchev–Trinajstić information content (AvgIpc) is 3.34. The number of carbonyl (C=O) groups is 1. The molecule has 1 saturated carbocycles. The maximum Gasteiger partial charge on any atom is 0.283 e. The highest BCUT2D eigenvalue weighted by atomic mass is 32.2. The smallest absolute Gasteiger partial charge is 0.283 e. The summed E-state index contributed by atoms with van der Waals surface area (Å²) in [5.74, 6) is 0.165. The molecule has 0 radical (unpaired) electrons. The lowest BCUT2D eigenvalue weighted by Crippen LogP contribution is -2.35. The number of hydrogen-bond donors (Lipinski definition) is 1. The zero-order valence-corrected chi connectivity index (χ0v) is 20.4. The van der Waals surface area contributed by atoms with Gasteiger partial charge < -0.3 is 4.57 Å². The van der Waals surface area contributed by atoms with Crippen LogP contribution in [0.5, 0.6) is 0 Å². The van der Waals surface area contributed by atoms with Crippen LogP contribution in [0.15, 0.2) is 39.9 Å². The Morgan fingerprint density at radius 2 is 1.82 bits per heavy atom. The Kier molecular flexibility index (Phi) is 5.60. The predicted molar refractivity (Wildman–Crippen MR) is 136 cm³/mol. The van der Waals surface area contributed by atoms with E-state index in [0.29, 0.717) is 11.1 Å². The molecule has 0 spiro atoms. The fourth-order valence-corrected chi connectivity index (χ4v) is 5.93. The van der Waals surface area contributed by atoms with Gasteiger partial charge in [0.15, 0.2) is 5.84 Å². The maximum absolute atomic E-state index is 12.9. The highest BCUT2D eigenvalue weighted by Crippen LogP contribution is 2.36. The molecule has 1 N–H and O–H groups in total. The molecule has 5 rings (SSSR count). The standard InChI is InChI=1S/C26H29N5OS/c1-15-10-11-21(12-16(15)2)30-17(3)13-20(18(30)4)14-22-23(27)31-26(28-24(22)32)33-25(29-31)19-8-6-5-7-9-19/h10-14,19,27H,5-9H2,1-4H3. The molecule has 0 unspecified atom stereocenters. The first kappa shape index (κ1) is 21.9. The molecule has 0 saturated heterocycles. The van der Waals surface area contributed by atoms with Gasteiger partial charge in [-0.2, -0.15) is 15.1 Å². The number of aliphatic imine (C=N–C) groups is 1. The highest BCUT2D eigenvalue weighted by molar-refractivity contribution is 8.27. The largest absolute Gasteiger partial charge is 0.318 e. The molecule has 2 aromatic rings. The molecular weight excluding hydrogens is 430 g/mol. The number of nitrogens with zero attached hydrogens (tertiary/aromatic N) is 4. The SMILES string of the molecule is Cc1ccc(-n2c(C)cc(C=C3C(=N)N4N=C(C5CCCCC5)SC4=NC3=O)c2C)cc1C. The zero-order valence-electron chi connectivity index (χ0n) is 19.6. The number of hydrogen-bond acceptors (Lipinski definition) is 4. The van der Waals surface area contributed by atoms with Gasteiger partial charge in [-0.1, -0.05) is 25.3 Å². The zero-order chi connectivity index (χ0) is 23.3. The van der Waals surface area contributed by atoms with E-state index in [1.807, 2.05) is 6.92 Å². The van der Waals surface area contributed by atoms with Gasteiger partial charge in [-0.15, -0.1) is 0 Å². The molecule has 3 heterocycles. The monoisotopic (exact) mass is 459 g/mol. The van der Waals surface area contributed by atoms with Gasteiger partial charge in [0, 0.05) is 23.0 Å². The van der Waals surface area contributed by atoms with Gasteiger partial charge in [0.25, 0.3) is 5.91 Å². The number of carbonyl (C=O) groups excluding carboxylic acids is 1. The second-order valence-corrected chi connectivity index (χ2v) is 10.2. The van der Waals surface area contributed by atoms with Crippen LogP contribution in [0.25, 0.3) is 11.8 Å².